The third kappa shape index (κ3) is 4.91. The molecular weight excluding hydrogens is 394 g/mol. The van der Waals surface area contributed by atoms with Gasteiger partial charge in [-0.15, -0.1) is 0 Å². The molecule has 0 bridgehead atoms. The molecule has 8 nitrogen and oxygen atoms in total. The van der Waals surface area contributed by atoms with Crippen molar-refractivity contribution in [2.75, 3.05) is 51.8 Å². The number of para-hydroxylation sites is 2. The number of H-pyrrole nitrogens is 1. The number of aromatic amines is 1. The largest absolute Gasteiger partial charge is 0.497 e. The highest BCUT2D eigenvalue weighted by Gasteiger charge is 2.20. The highest BCUT2D eigenvalue weighted by molar-refractivity contribution is 5.58. The summed E-state index contributed by atoms with van der Waals surface area (Å²) in [4.78, 5) is 17.1. The van der Waals surface area contributed by atoms with Gasteiger partial charge in [-0.2, -0.15) is 5.10 Å². The normalized spacial score (nSPS) is 14.6. The van der Waals surface area contributed by atoms with Gasteiger partial charge in [-0.3, -0.25) is 9.47 Å². The molecule has 0 atom stereocenters. The molecule has 31 heavy (non-hydrogen) atoms. The summed E-state index contributed by atoms with van der Waals surface area (Å²) in [6.07, 6.45) is 0.720. The van der Waals surface area contributed by atoms with E-state index in [0.29, 0.717) is 6.54 Å². The lowest BCUT2D eigenvalue weighted by molar-refractivity contribution is 0.257. The zero-order valence-corrected chi connectivity index (χ0v) is 18.1. The van der Waals surface area contributed by atoms with Crippen LogP contribution >= 0.6 is 0 Å². The molecule has 2 heterocycles. The van der Waals surface area contributed by atoms with Crippen molar-refractivity contribution in [3.8, 4) is 11.5 Å². The summed E-state index contributed by atoms with van der Waals surface area (Å²) >= 11 is 0. The molecule has 1 fully saturated rings. The third-order valence-electron chi connectivity index (χ3n) is 5.76. The summed E-state index contributed by atoms with van der Waals surface area (Å²) in [6, 6.07) is 15.9. The Morgan fingerprint density at radius 1 is 1.00 bits per heavy atom. The molecule has 164 valence electrons. The van der Waals surface area contributed by atoms with E-state index in [-0.39, 0.29) is 5.69 Å². The Balaban J connectivity index is 1.35. The molecule has 1 saturated heterocycles. The monoisotopic (exact) mass is 423 g/mol. The van der Waals surface area contributed by atoms with E-state index in [0.717, 1.165) is 67.7 Å². The highest BCUT2D eigenvalue weighted by Crippen LogP contribution is 2.28. The lowest BCUT2D eigenvalue weighted by atomic mass is 10.2. The fourth-order valence-corrected chi connectivity index (χ4v) is 4.02. The van der Waals surface area contributed by atoms with Gasteiger partial charge in [-0.05, 0) is 29.8 Å². The first-order valence-electron chi connectivity index (χ1n) is 10.6. The maximum Gasteiger partial charge on any atom is 0.343 e. The number of aromatic nitrogens is 3. The fraction of sp³-hybridized carbons (Fsp3) is 0.391. The van der Waals surface area contributed by atoms with Crippen molar-refractivity contribution in [3.05, 3.63) is 70.4 Å². The molecule has 3 aromatic rings. The van der Waals surface area contributed by atoms with Crippen LogP contribution in [0.3, 0.4) is 0 Å². The molecule has 0 aliphatic carbocycles. The van der Waals surface area contributed by atoms with Crippen molar-refractivity contribution in [2.45, 2.75) is 13.0 Å². The van der Waals surface area contributed by atoms with Crippen LogP contribution in [0.2, 0.25) is 0 Å². The van der Waals surface area contributed by atoms with E-state index < -0.39 is 0 Å². The van der Waals surface area contributed by atoms with Crippen LogP contribution in [-0.2, 0) is 13.0 Å². The minimum absolute atomic E-state index is 0.182. The van der Waals surface area contributed by atoms with E-state index in [1.54, 1.807) is 18.8 Å². The van der Waals surface area contributed by atoms with Gasteiger partial charge in [-0.1, -0.05) is 24.3 Å². The Kier molecular flexibility index (Phi) is 6.57. The number of hydrogen-bond acceptors (Lipinski definition) is 6. The van der Waals surface area contributed by atoms with Crippen molar-refractivity contribution >= 4 is 5.69 Å². The Labute approximate surface area is 182 Å². The molecule has 0 amide bonds. The second-order valence-corrected chi connectivity index (χ2v) is 7.63. The van der Waals surface area contributed by atoms with Gasteiger partial charge < -0.3 is 14.4 Å². The van der Waals surface area contributed by atoms with E-state index in [1.165, 1.54) is 0 Å². The highest BCUT2D eigenvalue weighted by atomic mass is 16.5. The van der Waals surface area contributed by atoms with Gasteiger partial charge in [0.25, 0.3) is 0 Å². The average molecular weight is 424 g/mol. The molecular formula is C23H29N5O3. The van der Waals surface area contributed by atoms with E-state index in [9.17, 15) is 4.79 Å². The maximum absolute atomic E-state index is 12.3. The summed E-state index contributed by atoms with van der Waals surface area (Å²) in [6.45, 7) is 5.14. The number of nitrogens with one attached hydrogen (secondary N) is 1. The number of ether oxygens (including phenoxy) is 2. The SMILES string of the molecule is COc1cccc(Cn2c(CCN3CCN(c4ccccc4OC)CC3)n[nH]c2=O)c1. The standard InChI is InChI=1S/C23H29N5O3/c1-30-19-7-5-6-18(16-19)17-28-22(24-25-23(28)29)10-11-26-12-14-27(15-13-26)20-8-3-4-9-21(20)31-2/h3-9,16H,10-15,17H2,1-2H3,(H,25,29). The first kappa shape index (κ1) is 21.0. The fourth-order valence-electron chi connectivity index (χ4n) is 4.02. The number of piperazine rings is 1. The molecule has 1 N–H and O–H groups in total. The molecule has 4 rings (SSSR count). The second-order valence-electron chi connectivity index (χ2n) is 7.63. The summed E-state index contributed by atoms with van der Waals surface area (Å²) in [5, 5.41) is 6.87. The van der Waals surface area contributed by atoms with Gasteiger partial charge in [0.15, 0.2) is 0 Å². The van der Waals surface area contributed by atoms with E-state index in [4.69, 9.17) is 9.47 Å². The number of hydrogen-bond donors (Lipinski definition) is 1. The second kappa shape index (κ2) is 9.70. The number of rotatable bonds is 8. The van der Waals surface area contributed by atoms with Gasteiger partial charge in [-0.25, -0.2) is 9.89 Å². The van der Waals surface area contributed by atoms with Crippen LogP contribution in [0.4, 0.5) is 5.69 Å². The molecule has 0 saturated carbocycles. The topological polar surface area (TPSA) is 75.6 Å². The van der Waals surface area contributed by atoms with Crippen LogP contribution < -0.4 is 20.1 Å². The van der Waals surface area contributed by atoms with Gasteiger partial charge in [0.05, 0.1) is 26.5 Å². The summed E-state index contributed by atoms with van der Waals surface area (Å²) < 4.78 is 12.5. The predicted octanol–water partition coefficient (Wildman–Crippen LogP) is 2.00. The Bertz CT molecular complexity index is 1050. The van der Waals surface area contributed by atoms with E-state index in [2.05, 4.69) is 26.1 Å². The van der Waals surface area contributed by atoms with Gasteiger partial charge in [0.2, 0.25) is 0 Å². The van der Waals surface area contributed by atoms with Crippen LogP contribution in [0.5, 0.6) is 11.5 Å². The quantitative estimate of drug-likeness (QED) is 0.597. The number of nitrogens with zero attached hydrogens (tertiary/aromatic N) is 4. The van der Waals surface area contributed by atoms with Crippen LogP contribution in [-0.4, -0.2) is 66.6 Å². The van der Waals surface area contributed by atoms with Crippen LogP contribution in [0.15, 0.2) is 53.3 Å². The predicted molar refractivity (Wildman–Crippen MR) is 120 cm³/mol. The van der Waals surface area contributed by atoms with E-state index >= 15 is 0 Å². The summed E-state index contributed by atoms with van der Waals surface area (Å²) in [5.41, 5.74) is 1.97. The molecule has 0 radical (unpaired) electrons. The molecule has 1 aliphatic heterocycles. The lowest BCUT2D eigenvalue weighted by Crippen LogP contribution is -2.47. The number of anilines is 1. The zero-order valence-electron chi connectivity index (χ0n) is 18.1. The molecule has 0 unspecified atom stereocenters. The van der Waals surface area contributed by atoms with Crippen LogP contribution in [0.1, 0.15) is 11.4 Å². The van der Waals surface area contributed by atoms with Crippen LogP contribution in [0.25, 0.3) is 0 Å². The molecule has 1 aliphatic rings. The van der Waals surface area contributed by atoms with Gasteiger partial charge in [0.1, 0.15) is 17.3 Å². The smallest absolute Gasteiger partial charge is 0.343 e. The van der Waals surface area contributed by atoms with Crippen molar-refractivity contribution in [3.63, 3.8) is 0 Å². The first-order chi connectivity index (χ1) is 15.2. The lowest BCUT2D eigenvalue weighted by Gasteiger charge is -2.36. The van der Waals surface area contributed by atoms with Crippen molar-refractivity contribution in [2.24, 2.45) is 0 Å². The Morgan fingerprint density at radius 3 is 2.58 bits per heavy atom. The van der Waals surface area contributed by atoms with E-state index in [1.807, 2.05) is 42.5 Å². The Morgan fingerprint density at radius 2 is 1.81 bits per heavy atom. The van der Waals surface area contributed by atoms with Gasteiger partial charge >= 0.3 is 5.69 Å². The van der Waals surface area contributed by atoms with Crippen LogP contribution in [0, 0.1) is 0 Å². The minimum Gasteiger partial charge on any atom is -0.497 e. The zero-order chi connectivity index (χ0) is 21.6. The summed E-state index contributed by atoms with van der Waals surface area (Å²) in [5.74, 6) is 2.47. The maximum atomic E-state index is 12.3. The van der Waals surface area contributed by atoms with Crippen molar-refractivity contribution in [1.82, 2.24) is 19.7 Å². The molecule has 8 heteroatoms. The number of methoxy groups -OCH3 is 2. The first-order valence-corrected chi connectivity index (χ1v) is 10.6. The van der Waals surface area contributed by atoms with Crippen molar-refractivity contribution < 1.29 is 9.47 Å². The summed E-state index contributed by atoms with van der Waals surface area (Å²) in [7, 11) is 3.35. The molecule has 1 aromatic heterocycles. The number of benzene rings is 2. The average Bonchev–Trinajstić information content (AvgIpc) is 3.17. The minimum atomic E-state index is -0.182. The third-order valence-corrected chi connectivity index (χ3v) is 5.76. The van der Waals surface area contributed by atoms with Gasteiger partial charge in [0, 0.05) is 39.1 Å². The molecule has 0 spiro atoms. The van der Waals surface area contributed by atoms with Crippen molar-refractivity contribution in [1.29, 1.82) is 0 Å². The molecule has 2 aromatic carbocycles. The Hall–Kier alpha value is -3.26.